The van der Waals surface area contributed by atoms with Crippen LogP contribution in [0.2, 0.25) is 0 Å². The molecule has 1 aromatic rings. The van der Waals surface area contributed by atoms with E-state index in [0.717, 1.165) is 6.42 Å². The van der Waals surface area contributed by atoms with Crippen molar-refractivity contribution in [3.8, 4) is 0 Å². The van der Waals surface area contributed by atoms with Crippen molar-refractivity contribution in [2.75, 3.05) is 0 Å². The maximum absolute atomic E-state index is 10.8. The smallest absolute Gasteiger partial charge is 0.283 e. The number of halogens is 1. The summed E-state index contributed by atoms with van der Waals surface area (Å²) in [6.45, 7) is 3.86. The zero-order chi connectivity index (χ0) is 13.9. The summed E-state index contributed by atoms with van der Waals surface area (Å²) < 4.78 is 0.404. The number of aliphatic hydroxyl groups excluding tert-OH is 1. The molecule has 0 aliphatic rings. The van der Waals surface area contributed by atoms with Crippen LogP contribution in [0.25, 0.3) is 0 Å². The maximum atomic E-state index is 10.8. The standard InChI is InChI=1S/C12H17BrN2O3/c1-3-7(2)12(16)11(14)8-4-5-9(13)10(6-8)15(17)18/h4-7,11-12,16H,3,14H2,1-2H3/t7?,11-,12+/m1/s1. The Bertz CT molecular complexity index is 439. The number of nitro groups is 1. The van der Waals surface area contributed by atoms with Gasteiger partial charge in [-0.2, -0.15) is 0 Å². The molecule has 3 N–H and O–H groups in total. The highest BCUT2D eigenvalue weighted by molar-refractivity contribution is 9.10. The molecule has 0 aliphatic carbocycles. The third kappa shape index (κ3) is 3.28. The van der Waals surface area contributed by atoms with Crippen molar-refractivity contribution in [3.05, 3.63) is 38.3 Å². The second-order valence-corrected chi connectivity index (χ2v) is 5.22. The predicted octanol–water partition coefficient (Wildman–Crippen LogP) is 2.76. The predicted molar refractivity (Wildman–Crippen MR) is 73.2 cm³/mol. The molecule has 100 valence electrons. The third-order valence-corrected chi connectivity index (χ3v) is 3.82. The van der Waals surface area contributed by atoms with Gasteiger partial charge in [-0.25, -0.2) is 0 Å². The van der Waals surface area contributed by atoms with Crippen molar-refractivity contribution in [1.82, 2.24) is 0 Å². The second-order valence-electron chi connectivity index (χ2n) is 4.37. The van der Waals surface area contributed by atoms with E-state index >= 15 is 0 Å². The molecular formula is C12H17BrN2O3. The SMILES string of the molecule is CCC(C)[C@H](O)[C@H](N)c1ccc(Br)c([N+](=O)[O-])c1. The molecule has 0 bridgehead atoms. The van der Waals surface area contributed by atoms with Gasteiger partial charge in [0.05, 0.1) is 21.5 Å². The summed E-state index contributed by atoms with van der Waals surface area (Å²) in [6, 6.07) is 4.05. The van der Waals surface area contributed by atoms with Crippen LogP contribution in [-0.4, -0.2) is 16.1 Å². The Balaban J connectivity index is 3.03. The van der Waals surface area contributed by atoms with E-state index in [1.165, 1.54) is 6.07 Å². The largest absolute Gasteiger partial charge is 0.391 e. The average Bonchev–Trinajstić information content (AvgIpc) is 2.36. The van der Waals surface area contributed by atoms with Crippen LogP contribution in [0.15, 0.2) is 22.7 Å². The highest BCUT2D eigenvalue weighted by Crippen LogP contribution is 2.30. The van der Waals surface area contributed by atoms with Gasteiger partial charge in [-0.3, -0.25) is 10.1 Å². The number of hydrogen-bond donors (Lipinski definition) is 2. The van der Waals surface area contributed by atoms with Crippen molar-refractivity contribution in [2.24, 2.45) is 11.7 Å². The molecule has 3 atom stereocenters. The fourth-order valence-electron chi connectivity index (χ4n) is 1.67. The topological polar surface area (TPSA) is 89.4 Å². The molecular weight excluding hydrogens is 300 g/mol. The molecule has 0 fully saturated rings. The summed E-state index contributed by atoms with van der Waals surface area (Å²) in [4.78, 5) is 10.4. The lowest BCUT2D eigenvalue weighted by atomic mass is 9.91. The number of nitrogens with zero attached hydrogens (tertiary/aromatic N) is 1. The molecule has 6 heteroatoms. The third-order valence-electron chi connectivity index (χ3n) is 3.15. The van der Waals surface area contributed by atoms with Gasteiger partial charge in [0, 0.05) is 6.07 Å². The van der Waals surface area contributed by atoms with Gasteiger partial charge in [0.15, 0.2) is 0 Å². The van der Waals surface area contributed by atoms with Gasteiger partial charge in [0.2, 0.25) is 0 Å². The lowest BCUT2D eigenvalue weighted by Gasteiger charge is -2.24. The van der Waals surface area contributed by atoms with Crippen LogP contribution < -0.4 is 5.73 Å². The van der Waals surface area contributed by atoms with Crippen molar-refractivity contribution >= 4 is 21.6 Å². The Morgan fingerprint density at radius 3 is 2.67 bits per heavy atom. The van der Waals surface area contributed by atoms with Gasteiger partial charge < -0.3 is 10.8 Å². The fraction of sp³-hybridized carbons (Fsp3) is 0.500. The van der Waals surface area contributed by atoms with Gasteiger partial charge >= 0.3 is 0 Å². The molecule has 1 rings (SSSR count). The summed E-state index contributed by atoms with van der Waals surface area (Å²) in [7, 11) is 0. The minimum absolute atomic E-state index is 0.0423. The first-order chi connectivity index (χ1) is 8.38. The molecule has 18 heavy (non-hydrogen) atoms. The number of rotatable bonds is 5. The first-order valence-corrected chi connectivity index (χ1v) is 6.55. The Labute approximate surface area is 114 Å². The number of aliphatic hydroxyl groups is 1. The number of nitro benzene ring substituents is 1. The van der Waals surface area contributed by atoms with Crippen LogP contribution >= 0.6 is 15.9 Å². The van der Waals surface area contributed by atoms with Crippen LogP contribution in [0.4, 0.5) is 5.69 Å². The molecule has 1 aromatic carbocycles. The van der Waals surface area contributed by atoms with Crippen molar-refractivity contribution in [1.29, 1.82) is 0 Å². The maximum Gasteiger partial charge on any atom is 0.283 e. The van der Waals surface area contributed by atoms with Crippen LogP contribution in [-0.2, 0) is 0 Å². The minimum Gasteiger partial charge on any atom is -0.391 e. The lowest BCUT2D eigenvalue weighted by Crippen LogP contribution is -2.31. The van der Waals surface area contributed by atoms with E-state index in [1.807, 2.05) is 13.8 Å². The fourth-order valence-corrected chi connectivity index (χ4v) is 2.06. The highest BCUT2D eigenvalue weighted by atomic mass is 79.9. The quantitative estimate of drug-likeness (QED) is 0.645. The number of hydrogen-bond acceptors (Lipinski definition) is 4. The molecule has 0 heterocycles. The van der Waals surface area contributed by atoms with E-state index in [4.69, 9.17) is 5.73 Å². The summed E-state index contributed by atoms with van der Waals surface area (Å²) in [6.07, 6.45) is 0.0869. The van der Waals surface area contributed by atoms with Crippen molar-refractivity contribution < 1.29 is 10.0 Å². The van der Waals surface area contributed by atoms with E-state index < -0.39 is 17.1 Å². The molecule has 0 saturated heterocycles. The summed E-state index contributed by atoms with van der Waals surface area (Å²) in [5.41, 5.74) is 6.47. The summed E-state index contributed by atoms with van der Waals surface area (Å²) in [5.74, 6) is 0.0442. The molecule has 0 aliphatic heterocycles. The van der Waals surface area contributed by atoms with Crippen LogP contribution in [0.5, 0.6) is 0 Å². The van der Waals surface area contributed by atoms with Gasteiger partial charge in [0.25, 0.3) is 5.69 Å². The second kappa shape index (κ2) is 6.26. The normalized spacial score (nSPS) is 16.1. The molecule has 5 nitrogen and oxygen atoms in total. The number of benzene rings is 1. The zero-order valence-corrected chi connectivity index (χ0v) is 11.9. The molecule has 0 radical (unpaired) electrons. The van der Waals surface area contributed by atoms with Gasteiger partial charge in [-0.05, 0) is 33.5 Å². The lowest BCUT2D eigenvalue weighted by molar-refractivity contribution is -0.385. The summed E-state index contributed by atoms with van der Waals surface area (Å²) in [5, 5.41) is 20.9. The van der Waals surface area contributed by atoms with E-state index in [9.17, 15) is 15.2 Å². The minimum atomic E-state index is -0.712. The first-order valence-electron chi connectivity index (χ1n) is 5.76. The van der Waals surface area contributed by atoms with Crippen LogP contribution in [0.3, 0.4) is 0 Å². The van der Waals surface area contributed by atoms with E-state index in [0.29, 0.717) is 10.0 Å². The van der Waals surface area contributed by atoms with E-state index in [2.05, 4.69) is 15.9 Å². The molecule has 0 aromatic heterocycles. The van der Waals surface area contributed by atoms with Gasteiger partial charge in [-0.15, -0.1) is 0 Å². The highest BCUT2D eigenvalue weighted by Gasteiger charge is 2.24. The van der Waals surface area contributed by atoms with Gasteiger partial charge in [0.1, 0.15) is 0 Å². The average molecular weight is 317 g/mol. The molecule has 0 spiro atoms. The van der Waals surface area contributed by atoms with Crippen molar-refractivity contribution in [3.63, 3.8) is 0 Å². The van der Waals surface area contributed by atoms with E-state index in [1.54, 1.807) is 12.1 Å². The number of nitrogens with two attached hydrogens (primary N) is 1. The molecule has 0 amide bonds. The van der Waals surface area contributed by atoms with Crippen LogP contribution in [0.1, 0.15) is 31.9 Å². The van der Waals surface area contributed by atoms with E-state index in [-0.39, 0.29) is 11.6 Å². The Morgan fingerprint density at radius 1 is 1.56 bits per heavy atom. The molecule has 1 unspecified atom stereocenters. The Kier molecular flexibility index (Phi) is 5.25. The first kappa shape index (κ1) is 15.1. The molecule has 0 saturated carbocycles. The van der Waals surface area contributed by atoms with Crippen molar-refractivity contribution in [2.45, 2.75) is 32.4 Å². The zero-order valence-electron chi connectivity index (χ0n) is 10.3. The van der Waals surface area contributed by atoms with Gasteiger partial charge in [-0.1, -0.05) is 26.3 Å². The summed E-state index contributed by atoms with van der Waals surface area (Å²) >= 11 is 3.11. The Morgan fingerprint density at radius 2 is 2.17 bits per heavy atom. The Hall–Kier alpha value is -0.980. The van der Waals surface area contributed by atoms with Crippen LogP contribution in [0, 0.1) is 16.0 Å². The monoisotopic (exact) mass is 316 g/mol.